The van der Waals surface area contributed by atoms with Crippen LogP contribution in [-0.4, -0.2) is 56.4 Å². The fourth-order valence-corrected chi connectivity index (χ4v) is 4.59. The van der Waals surface area contributed by atoms with E-state index in [0.29, 0.717) is 5.56 Å². The van der Waals surface area contributed by atoms with Crippen molar-refractivity contribution in [1.82, 2.24) is 4.98 Å². The van der Waals surface area contributed by atoms with E-state index in [1.165, 1.54) is 4.88 Å². The second-order valence-corrected chi connectivity index (χ2v) is 8.04. The second kappa shape index (κ2) is 7.35. The summed E-state index contributed by atoms with van der Waals surface area (Å²) in [6.07, 6.45) is -2.81. The van der Waals surface area contributed by atoms with Gasteiger partial charge in [0.15, 0.2) is 0 Å². The molecule has 7 heteroatoms. The molecule has 3 aromatic rings. The number of fused-ring (bicyclic) bond motifs is 1. The average Bonchev–Trinajstić information content (AvgIpc) is 3.32. The first-order valence-corrected chi connectivity index (χ1v) is 9.85. The first kappa shape index (κ1) is 18.6. The monoisotopic (exact) mass is 389 g/mol. The number of nitrogens with one attached hydrogen (secondary N) is 1. The molecule has 5 N–H and O–H groups in total. The van der Waals surface area contributed by atoms with Gasteiger partial charge in [0.1, 0.15) is 30.5 Å². The highest BCUT2D eigenvalue weighted by Gasteiger charge is 2.43. The van der Waals surface area contributed by atoms with Gasteiger partial charge in [0.05, 0.1) is 6.61 Å². The Morgan fingerprint density at radius 3 is 2.59 bits per heavy atom. The molecule has 3 heterocycles. The van der Waals surface area contributed by atoms with Crippen molar-refractivity contribution in [3.63, 3.8) is 0 Å². The molecule has 1 fully saturated rings. The minimum atomic E-state index is -1.38. The zero-order valence-corrected chi connectivity index (χ0v) is 15.7. The van der Waals surface area contributed by atoms with Crippen molar-refractivity contribution in [1.29, 1.82) is 0 Å². The van der Waals surface area contributed by atoms with E-state index in [9.17, 15) is 20.4 Å². The van der Waals surface area contributed by atoms with Gasteiger partial charge >= 0.3 is 0 Å². The van der Waals surface area contributed by atoms with Crippen LogP contribution in [0, 0.1) is 0 Å². The Bertz CT molecular complexity index is 933. The van der Waals surface area contributed by atoms with E-state index in [2.05, 4.69) is 24.0 Å². The van der Waals surface area contributed by atoms with Crippen molar-refractivity contribution in [3.8, 4) is 10.4 Å². The summed E-state index contributed by atoms with van der Waals surface area (Å²) >= 11 is 1.75. The molecule has 0 amide bonds. The molecule has 2 aromatic heterocycles. The fourth-order valence-electron chi connectivity index (χ4n) is 3.61. The Hall–Kier alpha value is -1.74. The number of aryl methyl sites for hydroxylation is 1. The van der Waals surface area contributed by atoms with Gasteiger partial charge in [0.25, 0.3) is 0 Å². The molecule has 0 bridgehead atoms. The molecule has 5 atom stereocenters. The third kappa shape index (κ3) is 3.20. The molecule has 0 radical (unpaired) electrons. The lowest BCUT2D eigenvalue weighted by atomic mass is 9.90. The smallest absolute Gasteiger partial charge is 0.113 e. The maximum Gasteiger partial charge on any atom is 0.113 e. The van der Waals surface area contributed by atoms with Crippen molar-refractivity contribution in [3.05, 3.63) is 47.0 Å². The Labute approximate surface area is 160 Å². The van der Waals surface area contributed by atoms with Crippen molar-refractivity contribution < 1.29 is 25.2 Å². The molecule has 6 nitrogen and oxygen atoms in total. The number of aliphatic hydroxyl groups is 4. The molecule has 0 saturated carbocycles. The first-order valence-electron chi connectivity index (χ1n) is 9.04. The third-order valence-corrected chi connectivity index (χ3v) is 6.47. The molecule has 1 aromatic carbocycles. The lowest BCUT2D eigenvalue weighted by Crippen LogP contribution is -2.55. The number of aliphatic hydroxyl groups excluding tert-OH is 4. The molecule has 1 aliphatic heterocycles. The van der Waals surface area contributed by atoms with Gasteiger partial charge in [0, 0.05) is 32.4 Å². The zero-order chi connectivity index (χ0) is 19.1. The number of aromatic nitrogens is 1. The molecule has 27 heavy (non-hydrogen) atoms. The number of rotatable bonds is 4. The Kier molecular flexibility index (Phi) is 5.07. The van der Waals surface area contributed by atoms with E-state index in [1.807, 2.05) is 24.4 Å². The van der Waals surface area contributed by atoms with Crippen LogP contribution in [0.25, 0.3) is 21.3 Å². The molecular formula is C20H23NO5S. The van der Waals surface area contributed by atoms with Crippen LogP contribution in [0.2, 0.25) is 0 Å². The van der Waals surface area contributed by atoms with Crippen LogP contribution < -0.4 is 0 Å². The lowest BCUT2D eigenvalue weighted by molar-refractivity contribution is -0.231. The Morgan fingerprint density at radius 1 is 1.07 bits per heavy atom. The van der Waals surface area contributed by atoms with Crippen LogP contribution in [0.15, 0.2) is 36.5 Å². The maximum atomic E-state index is 10.4. The third-order valence-electron chi connectivity index (χ3n) is 5.20. The summed E-state index contributed by atoms with van der Waals surface area (Å²) in [4.78, 5) is 5.73. The van der Waals surface area contributed by atoms with Crippen LogP contribution in [0.5, 0.6) is 0 Å². The highest BCUT2D eigenvalue weighted by Crippen LogP contribution is 2.38. The first-order chi connectivity index (χ1) is 13.0. The SMILES string of the molecule is CCc1ccc(-c2c[nH]c3ccc(C4O[C@H](CO)[C@@H](O)[C@H](O)[C@H]4O)cc23)s1. The number of hydrogen-bond acceptors (Lipinski definition) is 6. The average molecular weight is 389 g/mol. The van der Waals surface area contributed by atoms with Crippen LogP contribution in [0.3, 0.4) is 0 Å². The molecule has 0 spiro atoms. The number of ether oxygens (including phenoxy) is 1. The van der Waals surface area contributed by atoms with E-state index >= 15 is 0 Å². The number of benzene rings is 1. The van der Waals surface area contributed by atoms with Gasteiger partial charge in [-0.3, -0.25) is 0 Å². The van der Waals surface area contributed by atoms with E-state index in [-0.39, 0.29) is 0 Å². The number of H-pyrrole nitrogens is 1. The van der Waals surface area contributed by atoms with Gasteiger partial charge in [-0.25, -0.2) is 0 Å². The normalized spacial score (nSPS) is 28.7. The van der Waals surface area contributed by atoms with E-state index in [4.69, 9.17) is 4.74 Å². The predicted molar refractivity (Wildman–Crippen MR) is 104 cm³/mol. The Morgan fingerprint density at radius 2 is 1.89 bits per heavy atom. The largest absolute Gasteiger partial charge is 0.394 e. The van der Waals surface area contributed by atoms with Crippen LogP contribution >= 0.6 is 11.3 Å². The number of hydrogen-bond donors (Lipinski definition) is 5. The van der Waals surface area contributed by atoms with Gasteiger partial charge < -0.3 is 30.1 Å². The standard InChI is InChI=1S/C20H23NO5S/c1-2-11-4-6-16(27-11)13-8-21-14-5-3-10(7-12(13)14)20-19(25)18(24)17(23)15(9-22)26-20/h3-8,15,17-25H,2,9H2,1H3/t15-,17-,18+,19-,20?/m1/s1. The minimum Gasteiger partial charge on any atom is -0.394 e. The number of aromatic amines is 1. The van der Waals surface area contributed by atoms with Gasteiger partial charge in [-0.05, 0) is 36.2 Å². The van der Waals surface area contributed by atoms with E-state index in [0.717, 1.165) is 27.8 Å². The summed E-state index contributed by atoms with van der Waals surface area (Å²) in [5.74, 6) is 0. The van der Waals surface area contributed by atoms with Gasteiger partial charge in [-0.15, -0.1) is 11.3 Å². The highest BCUT2D eigenvalue weighted by atomic mass is 32.1. The molecule has 1 aliphatic rings. The lowest BCUT2D eigenvalue weighted by Gasteiger charge is -2.40. The van der Waals surface area contributed by atoms with Crippen molar-refractivity contribution in [2.24, 2.45) is 0 Å². The van der Waals surface area contributed by atoms with Crippen molar-refractivity contribution in [2.75, 3.05) is 6.61 Å². The summed E-state index contributed by atoms with van der Waals surface area (Å²) in [5.41, 5.74) is 2.72. The van der Waals surface area contributed by atoms with Crippen LogP contribution in [0.4, 0.5) is 0 Å². The number of thiophene rings is 1. The predicted octanol–water partition coefficient (Wildman–Crippen LogP) is 1.97. The molecule has 1 unspecified atom stereocenters. The minimum absolute atomic E-state index is 0.436. The summed E-state index contributed by atoms with van der Waals surface area (Å²) in [6.45, 7) is 1.69. The summed E-state index contributed by atoms with van der Waals surface area (Å²) in [5, 5.41) is 40.8. The highest BCUT2D eigenvalue weighted by molar-refractivity contribution is 7.15. The quantitative estimate of drug-likeness (QED) is 0.469. The van der Waals surface area contributed by atoms with E-state index in [1.54, 1.807) is 11.3 Å². The summed E-state index contributed by atoms with van der Waals surface area (Å²) < 4.78 is 5.69. The molecule has 1 saturated heterocycles. The zero-order valence-electron chi connectivity index (χ0n) is 14.9. The Balaban J connectivity index is 1.73. The topological polar surface area (TPSA) is 106 Å². The summed E-state index contributed by atoms with van der Waals surface area (Å²) in [7, 11) is 0. The van der Waals surface area contributed by atoms with E-state index < -0.39 is 37.1 Å². The van der Waals surface area contributed by atoms with Crippen molar-refractivity contribution >= 4 is 22.2 Å². The molecule has 0 aliphatic carbocycles. The summed E-state index contributed by atoms with van der Waals surface area (Å²) in [6, 6.07) is 9.89. The van der Waals surface area contributed by atoms with Gasteiger partial charge in [0.2, 0.25) is 0 Å². The fraction of sp³-hybridized carbons (Fsp3) is 0.400. The second-order valence-electron chi connectivity index (χ2n) is 6.88. The van der Waals surface area contributed by atoms with Gasteiger partial charge in [-0.2, -0.15) is 0 Å². The van der Waals surface area contributed by atoms with Gasteiger partial charge in [-0.1, -0.05) is 13.0 Å². The molecule has 4 rings (SSSR count). The maximum absolute atomic E-state index is 10.4. The van der Waals surface area contributed by atoms with Crippen LogP contribution in [-0.2, 0) is 11.2 Å². The van der Waals surface area contributed by atoms with Crippen LogP contribution in [0.1, 0.15) is 23.5 Å². The van der Waals surface area contributed by atoms with Crippen molar-refractivity contribution in [2.45, 2.75) is 43.9 Å². The molecule has 144 valence electrons. The molecular weight excluding hydrogens is 366 g/mol.